The molecule has 10 nitrogen and oxygen atoms in total. The Morgan fingerprint density at radius 3 is 2.09 bits per heavy atom. The topological polar surface area (TPSA) is 129 Å². The van der Waals surface area contributed by atoms with Crippen molar-refractivity contribution in [3.05, 3.63) is 102 Å². The van der Waals surface area contributed by atoms with Crippen molar-refractivity contribution in [3.8, 4) is 28.4 Å². The van der Waals surface area contributed by atoms with E-state index in [1.807, 2.05) is 37.3 Å². The summed E-state index contributed by atoms with van der Waals surface area (Å²) in [6, 6.07) is 19.3. The van der Waals surface area contributed by atoms with E-state index in [0.29, 0.717) is 22.8 Å². The Balaban J connectivity index is 1.28. The number of nitrogens with zero attached hydrogens (tertiary/aromatic N) is 1. The monoisotopic (exact) mass is 585 g/mol. The lowest BCUT2D eigenvalue weighted by molar-refractivity contribution is -0.140. The fraction of sp³-hybridized carbons (Fsp3) is 0.212. The number of aryl methyl sites for hydroxylation is 1. The average Bonchev–Trinajstić information content (AvgIpc) is 3.35. The van der Waals surface area contributed by atoms with Crippen molar-refractivity contribution in [2.45, 2.75) is 13.3 Å². The second kappa shape index (κ2) is 14.6. The summed E-state index contributed by atoms with van der Waals surface area (Å²) in [5, 5.41) is 8.86. The number of imide groups is 1. The number of carbonyl (C=O) groups excluding carboxylic acids is 4. The fourth-order valence-electron chi connectivity index (χ4n) is 4.16. The quantitative estimate of drug-likeness (QED) is 0.0984. The maximum Gasteiger partial charge on any atom is 0.343 e. The van der Waals surface area contributed by atoms with E-state index in [1.54, 1.807) is 36.4 Å². The number of benzene rings is 3. The van der Waals surface area contributed by atoms with Crippen LogP contribution < -0.4 is 14.2 Å². The van der Waals surface area contributed by atoms with Crippen molar-refractivity contribution >= 4 is 23.8 Å². The van der Waals surface area contributed by atoms with Crippen LogP contribution >= 0.6 is 0 Å². The maximum atomic E-state index is 12.6. The van der Waals surface area contributed by atoms with Gasteiger partial charge in [0.2, 0.25) is 0 Å². The minimum atomic E-state index is -0.687. The van der Waals surface area contributed by atoms with Crippen LogP contribution in [0, 0.1) is 0 Å². The van der Waals surface area contributed by atoms with Gasteiger partial charge in [-0.15, -0.1) is 0 Å². The molecule has 0 saturated carbocycles. The molecular formula is C33H31NO9. The number of aliphatic hydroxyl groups excluding tert-OH is 1. The molecule has 0 saturated heterocycles. The van der Waals surface area contributed by atoms with Crippen molar-refractivity contribution in [1.82, 2.24) is 4.90 Å². The molecule has 43 heavy (non-hydrogen) atoms. The smallest absolute Gasteiger partial charge is 0.343 e. The Morgan fingerprint density at radius 2 is 1.44 bits per heavy atom. The van der Waals surface area contributed by atoms with Crippen LogP contribution in [0.15, 0.2) is 91.0 Å². The van der Waals surface area contributed by atoms with Gasteiger partial charge < -0.3 is 24.1 Å². The van der Waals surface area contributed by atoms with Crippen molar-refractivity contribution in [2.75, 3.05) is 33.0 Å². The molecule has 1 aliphatic rings. The molecule has 0 fully saturated rings. The second-order valence-corrected chi connectivity index (χ2v) is 9.37. The van der Waals surface area contributed by atoms with Crippen molar-refractivity contribution in [3.63, 3.8) is 0 Å². The summed E-state index contributed by atoms with van der Waals surface area (Å²) in [6.45, 7) is 5.39. The predicted octanol–water partition coefficient (Wildman–Crippen LogP) is 3.91. The summed E-state index contributed by atoms with van der Waals surface area (Å²) < 4.78 is 21.7. The average molecular weight is 586 g/mol. The third kappa shape index (κ3) is 8.17. The van der Waals surface area contributed by atoms with Crippen LogP contribution in [-0.2, 0) is 25.5 Å². The van der Waals surface area contributed by atoms with E-state index in [9.17, 15) is 19.2 Å². The Morgan fingerprint density at radius 1 is 0.814 bits per heavy atom. The van der Waals surface area contributed by atoms with E-state index in [1.165, 1.54) is 12.2 Å². The molecular weight excluding hydrogens is 554 g/mol. The minimum absolute atomic E-state index is 0.0153. The van der Waals surface area contributed by atoms with Crippen LogP contribution in [0.4, 0.5) is 0 Å². The highest BCUT2D eigenvalue weighted by atomic mass is 16.6. The summed E-state index contributed by atoms with van der Waals surface area (Å²) in [5.41, 5.74) is 3.29. The Bertz CT molecular complexity index is 1510. The van der Waals surface area contributed by atoms with Gasteiger partial charge in [0.1, 0.15) is 37.1 Å². The van der Waals surface area contributed by atoms with Crippen LogP contribution in [0.2, 0.25) is 0 Å². The highest BCUT2D eigenvalue weighted by Gasteiger charge is 2.22. The first-order valence-electron chi connectivity index (χ1n) is 13.6. The Labute approximate surface area is 248 Å². The molecule has 0 spiro atoms. The van der Waals surface area contributed by atoms with E-state index in [0.717, 1.165) is 28.0 Å². The number of hydrogen-bond acceptors (Lipinski definition) is 9. The fourth-order valence-corrected chi connectivity index (χ4v) is 4.16. The van der Waals surface area contributed by atoms with E-state index < -0.39 is 18.5 Å². The largest absolute Gasteiger partial charge is 0.492 e. The van der Waals surface area contributed by atoms with Gasteiger partial charge >= 0.3 is 11.9 Å². The van der Waals surface area contributed by atoms with E-state index in [-0.39, 0.29) is 43.8 Å². The standard InChI is InChI=1S/C33H31NO9/c1-3-23-20-28(40-17-16-34-30(36)14-15-31(34)37)12-13-29(23)24-4-10-27(11-5-24)43-33(39)25-6-8-26(9-7-25)41-18-19-42-32(38)22(2)21-35/h4-15,20,35H,2-3,16-19,21H2,1H3. The minimum Gasteiger partial charge on any atom is -0.492 e. The molecule has 0 unspecified atom stereocenters. The van der Waals surface area contributed by atoms with E-state index in [2.05, 4.69) is 6.58 Å². The number of amides is 2. The number of hydrogen-bond donors (Lipinski definition) is 1. The molecule has 1 N–H and O–H groups in total. The molecule has 0 aromatic heterocycles. The zero-order chi connectivity index (χ0) is 30.8. The molecule has 0 aliphatic carbocycles. The molecule has 0 radical (unpaired) electrons. The van der Waals surface area contributed by atoms with Gasteiger partial charge in [-0.2, -0.15) is 0 Å². The zero-order valence-electron chi connectivity index (χ0n) is 23.6. The normalized spacial score (nSPS) is 12.3. The molecule has 4 rings (SSSR count). The molecule has 1 aliphatic heterocycles. The van der Waals surface area contributed by atoms with Crippen molar-refractivity contribution < 1.29 is 43.2 Å². The molecule has 3 aromatic carbocycles. The number of rotatable bonds is 14. The van der Waals surface area contributed by atoms with Gasteiger partial charge in [0.15, 0.2) is 0 Å². The second-order valence-electron chi connectivity index (χ2n) is 9.37. The lowest BCUT2D eigenvalue weighted by atomic mass is 9.98. The molecule has 3 aromatic rings. The van der Waals surface area contributed by atoms with Crippen LogP contribution in [0.25, 0.3) is 11.1 Å². The van der Waals surface area contributed by atoms with Gasteiger partial charge in [0, 0.05) is 12.2 Å². The van der Waals surface area contributed by atoms with Crippen LogP contribution in [-0.4, -0.2) is 66.7 Å². The molecule has 2 amide bonds. The number of aliphatic hydroxyl groups is 1. The number of ether oxygens (including phenoxy) is 4. The molecule has 222 valence electrons. The lowest BCUT2D eigenvalue weighted by Gasteiger charge is -2.16. The zero-order valence-corrected chi connectivity index (χ0v) is 23.6. The van der Waals surface area contributed by atoms with E-state index >= 15 is 0 Å². The third-order valence-electron chi connectivity index (χ3n) is 6.47. The van der Waals surface area contributed by atoms with Crippen molar-refractivity contribution in [2.24, 2.45) is 0 Å². The first-order chi connectivity index (χ1) is 20.8. The van der Waals surface area contributed by atoms with Gasteiger partial charge in [0.25, 0.3) is 11.8 Å². The highest BCUT2D eigenvalue weighted by molar-refractivity contribution is 6.12. The molecule has 0 bridgehead atoms. The predicted molar refractivity (Wildman–Crippen MR) is 157 cm³/mol. The summed E-state index contributed by atoms with van der Waals surface area (Å²) in [6.07, 6.45) is 3.25. The van der Waals surface area contributed by atoms with Crippen LogP contribution in [0.5, 0.6) is 17.2 Å². The SMILES string of the molecule is C=C(CO)C(=O)OCCOc1ccc(C(=O)Oc2ccc(-c3ccc(OCCN4C(=O)C=CC4=O)cc3CC)cc2)cc1. The summed E-state index contributed by atoms with van der Waals surface area (Å²) in [4.78, 5) is 48.6. The Kier molecular flexibility index (Phi) is 10.4. The molecule has 1 heterocycles. The van der Waals surface area contributed by atoms with Gasteiger partial charge in [-0.25, -0.2) is 9.59 Å². The van der Waals surface area contributed by atoms with Gasteiger partial charge in [-0.3, -0.25) is 14.5 Å². The van der Waals surface area contributed by atoms with Gasteiger partial charge in [0.05, 0.1) is 24.3 Å². The van der Waals surface area contributed by atoms with Gasteiger partial charge in [-0.05, 0) is 71.6 Å². The van der Waals surface area contributed by atoms with E-state index in [4.69, 9.17) is 24.1 Å². The van der Waals surface area contributed by atoms with Gasteiger partial charge in [-0.1, -0.05) is 31.7 Å². The third-order valence-corrected chi connectivity index (χ3v) is 6.47. The Hall–Kier alpha value is -5.22. The summed E-state index contributed by atoms with van der Waals surface area (Å²) in [5.74, 6) is -0.377. The summed E-state index contributed by atoms with van der Waals surface area (Å²) in [7, 11) is 0. The molecule has 10 heteroatoms. The van der Waals surface area contributed by atoms with Crippen LogP contribution in [0.1, 0.15) is 22.8 Å². The number of carbonyl (C=O) groups is 4. The first kappa shape index (κ1) is 30.7. The van der Waals surface area contributed by atoms with Crippen molar-refractivity contribution in [1.29, 1.82) is 0 Å². The number of esters is 2. The summed E-state index contributed by atoms with van der Waals surface area (Å²) >= 11 is 0. The van der Waals surface area contributed by atoms with Crippen LogP contribution in [0.3, 0.4) is 0 Å². The lowest BCUT2D eigenvalue weighted by Crippen LogP contribution is -2.33. The first-order valence-corrected chi connectivity index (χ1v) is 13.6. The maximum absolute atomic E-state index is 12.6. The highest BCUT2D eigenvalue weighted by Crippen LogP contribution is 2.30. The molecule has 0 atom stereocenters.